The number of nitrogens with one attached hydrogen (secondary N) is 1. The summed E-state index contributed by atoms with van der Waals surface area (Å²) in [6.07, 6.45) is 0. The van der Waals surface area contributed by atoms with E-state index in [-0.39, 0.29) is 5.52 Å². The number of aromatic nitrogens is 2. The molecule has 2 N–H and O–H groups in total. The van der Waals surface area contributed by atoms with Gasteiger partial charge in [0.2, 0.25) is 0 Å². The van der Waals surface area contributed by atoms with Gasteiger partial charge in [-0.05, 0) is 19.1 Å². The predicted molar refractivity (Wildman–Crippen MR) is 44.4 cm³/mol. The van der Waals surface area contributed by atoms with E-state index in [1.807, 2.05) is 0 Å². The van der Waals surface area contributed by atoms with Crippen LogP contribution in [0.25, 0.3) is 11.0 Å². The first-order valence-electron chi connectivity index (χ1n) is 3.70. The molecule has 1 aromatic heterocycles. The zero-order valence-electron chi connectivity index (χ0n) is 6.84. The molecule has 0 amide bonds. The summed E-state index contributed by atoms with van der Waals surface area (Å²) in [5.74, 6) is -0.408. The molecule has 0 saturated heterocycles. The lowest BCUT2D eigenvalue weighted by molar-refractivity contribution is 0.188. The molecule has 0 fully saturated rings. The number of aryl methyl sites for hydroxylation is 1. The van der Waals surface area contributed by atoms with Crippen molar-refractivity contribution in [2.24, 2.45) is 0 Å². The van der Waals surface area contributed by atoms with E-state index in [0.717, 1.165) is 0 Å². The van der Waals surface area contributed by atoms with Crippen LogP contribution in [0.15, 0.2) is 16.9 Å². The van der Waals surface area contributed by atoms with Crippen molar-refractivity contribution in [3.05, 3.63) is 34.0 Å². The van der Waals surface area contributed by atoms with E-state index in [2.05, 4.69) is 4.98 Å². The van der Waals surface area contributed by atoms with Crippen molar-refractivity contribution in [3.8, 4) is 0 Å². The Labute approximate surface area is 72.2 Å². The fraction of sp³-hybridized carbons (Fsp3) is 0.125. The first-order valence-corrected chi connectivity index (χ1v) is 3.70. The second-order valence-corrected chi connectivity index (χ2v) is 2.81. The highest BCUT2D eigenvalue weighted by molar-refractivity contribution is 5.78. The van der Waals surface area contributed by atoms with Gasteiger partial charge in [-0.1, -0.05) is 0 Å². The van der Waals surface area contributed by atoms with Crippen LogP contribution in [0.5, 0.6) is 0 Å². The average molecular weight is 182 g/mol. The van der Waals surface area contributed by atoms with E-state index < -0.39 is 11.5 Å². The monoisotopic (exact) mass is 182 g/mol. The number of aromatic amines is 1. The maximum atomic E-state index is 13.0. The molecule has 0 saturated carbocycles. The molecule has 0 atom stereocenters. The van der Waals surface area contributed by atoms with Crippen LogP contribution in [0.1, 0.15) is 5.56 Å². The molecular weight excluding hydrogens is 175 g/mol. The van der Waals surface area contributed by atoms with Crippen LogP contribution < -0.4 is 5.69 Å². The standard InChI is InChI=1S/C8H7FN2O2/c1-4-5(9)2-3-6-7(4)10-8(12)11(6)13/h2-3,13H,1H3,(H,10,12). The minimum absolute atomic E-state index is 0.281. The Balaban J connectivity index is 3.03. The molecule has 2 rings (SSSR count). The maximum absolute atomic E-state index is 13.0. The van der Waals surface area contributed by atoms with Crippen molar-refractivity contribution in [2.45, 2.75) is 6.92 Å². The molecule has 0 radical (unpaired) electrons. The molecule has 4 nitrogen and oxygen atoms in total. The Morgan fingerprint density at radius 2 is 2.23 bits per heavy atom. The fourth-order valence-electron chi connectivity index (χ4n) is 1.28. The highest BCUT2D eigenvalue weighted by Gasteiger charge is 2.09. The summed E-state index contributed by atoms with van der Waals surface area (Å²) in [5, 5.41) is 9.16. The van der Waals surface area contributed by atoms with E-state index in [9.17, 15) is 9.18 Å². The first kappa shape index (κ1) is 7.85. The zero-order valence-corrected chi connectivity index (χ0v) is 6.84. The minimum Gasteiger partial charge on any atom is -0.424 e. The Morgan fingerprint density at radius 3 is 2.92 bits per heavy atom. The van der Waals surface area contributed by atoms with Crippen LogP contribution in [-0.4, -0.2) is 14.9 Å². The lowest BCUT2D eigenvalue weighted by Crippen LogP contribution is -2.12. The van der Waals surface area contributed by atoms with Gasteiger partial charge in [-0.2, -0.15) is 0 Å². The number of fused-ring (bicyclic) bond motifs is 1. The van der Waals surface area contributed by atoms with Gasteiger partial charge in [-0.25, -0.2) is 9.18 Å². The third-order valence-electron chi connectivity index (χ3n) is 2.03. The highest BCUT2D eigenvalue weighted by atomic mass is 19.1. The smallest absolute Gasteiger partial charge is 0.359 e. The third-order valence-corrected chi connectivity index (χ3v) is 2.03. The van der Waals surface area contributed by atoms with Gasteiger partial charge < -0.3 is 10.2 Å². The van der Waals surface area contributed by atoms with Crippen LogP contribution in [0.3, 0.4) is 0 Å². The molecule has 0 bridgehead atoms. The van der Waals surface area contributed by atoms with Crippen LogP contribution in [0, 0.1) is 12.7 Å². The number of hydrogen-bond acceptors (Lipinski definition) is 2. The number of benzene rings is 1. The van der Waals surface area contributed by atoms with Crippen LogP contribution >= 0.6 is 0 Å². The number of halogens is 1. The van der Waals surface area contributed by atoms with Crippen LogP contribution in [0.2, 0.25) is 0 Å². The summed E-state index contributed by atoms with van der Waals surface area (Å²) >= 11 is 0. The molecule has 68 valence electrons. The molecule has 0 aliphatic heterocycles. The predicted octanol–water partition coefficient (Wildman–Crippen LogP) is 1.01. The van der Waals surface area contributed by atoms with Crippen molar-refractivity contribution >= 4 is 11.0 Å². The summed E-state index contributed by atoms with van der Waals surface area (Å²) in [6, 6.07) is 2.55. The summed E-state index contributed by atoms with van der Waals surface area (Å²) < 4.78 is 13.4. The molecule has 5 heteroatoms. The minimum atomic E-state index is -0.663. The molecule has 13 heavy (non-hydrogen) atoms. The van der Waals surface area contributed by atoms with Crippen molar-refractivity contribution in [1.82, 2.24) is 9.71 Å². The van der Waals surface area contributed by atoms with Gasteiger partial charge in [0, 0.05) is 5.56 Å². The number of nitrogens with zero attached hydrogens (tertiary/aromatic N) is 1. The SMILES string of the molecule is Cc1c(F)ccc2c1[nH]c(=O)n2O. The fourth-order valence-corrected chi connectivity index (χ4v) is 1.28. The molecule has 1 heterocycles. The summed E-state index contributed by atoms with van der Waals surface area (Å²) in [7, 11) is 0. The molecule has 0 spiro atoms. The van der Waals surface area contributed by atoms with Gasteiger partial charge in [0.1, 0.15) is 11.3 Å². The number of H-pyrrole nitrogens is 1. The van der Waals surface area contributed by atoms with E-state index in [1.54, 1.807) is 0 Å². The Bertz CT molecular complexity index is 527. The van der Waals surface area contributed by atoms with Gasteiger partial charge in [0.05, 0.1) is 5.52 Å². The largest absolute Gasteiger partial charge is 0.424 e. The average Bonchev–Trinajstić information content (AvgIpc) is 2.38. The van der Waals surface area contributed by atoms with Crippen molar-refractivity contribution in [2.75, 3.05) is 0 Å². The molecule has 1 aromatic carbocycles. The Morgan fingerprint density at radius 1 is 1.54 bits per heavy atom. The van der Waals surface area contributed by atoms with E-state index in [0.29, 0.717) is 15.8 Å². The van der Waals surface area contributed by atoms with E-state index >= 15 is 0 Å². The van der Waals surface area contributed by atoms with Gasteiger partial charge in [-0.3, -0.25) is 0 Å². The van der Waals surface area contributed by atoms with Gasteiger partial charge in [0.15, 0.2) is 0 Å². The Hall–Kier alpha value is -1.78. The lowest BCUT2D eigenvalue weighted by atomic mass is 10.2. The molecule has 0 unspecified atom stereocenters. The molecule has 2 aromatic rings. The van der Waals surface area contributed by atoms with Crippen molar-refractivity contribution in [3.63, 3.8) is 0 Å². The van der Waals surface area contributed by atoms with Crippen LogP contribution in [0.4, 0.5) is 4.39 Å². The number of rotatable bonds is 0. The zero-order chi connectivity index (χ0) is 9.59. The molecular formula is C8H7FN2O2. The topological polar surface area (TPSA) is 58.0 Å². The van der Waals surface area contributed by atoms with Crippen LogP contribution in [-0.2, 0) is 0 Å². The lowest BCUT2D eigenvalue weighted by Gasteiger charge is -1.96. The normalized spacial score (nSPS) is 10.9. The second kappa shape index (κ2) is 2.35. The van der Waals surface area contributed by atoms with Crippen molar-refractivity contribution < 1.29 is 9.60 Å². The summed E-state index contributed by atoms with van der Waals surface area (Å²) in [4.78, 5) is 13.3. The van der Waals surface area contributed by atoms with E-state index in [1.165, 1.54) is 19.1 Å². The highest BCUT2D eigenvalue weighted by Crippen LogP contribution is 2.16. The second-order valence-electron chi connectivity index (χ2n) is 2.81. The third kappa shape index (κ3) is 0.932. The molecule has 0 aliphatic rings. The quantitative estimate of drug-likeness (QED) is 0.597. The van der Waals surface area contributed by atoms with E-state index in [4.69, 9.17) is 5.21 Å². The number of imidazole rings is 1. The molecule has 0 aliphatic carbocycles. The maximum Gasteiger partial charge on any atom is 0.359 e. The first-order chi connectivity index (χ1) is 6.11. The number of hydrogen-bond donors (Lipinski definition) is 2. The van der Waals surface area contributed by atoms with Gasteiger partial charge in [-0.15, -0.1) is 4.73 Å². The summed E-state index contributed by atoms with van der Waals surface area (Å²) in [6.45, 7) is 1.54. The summed E-state index contributed by atoms with van der Waals surface area (Å²) in [5.41, 5.74) is 0.266. The van der Waals surface area contributed by atoms with Gasteiger partial charge >= 0.3 is 5.69 Å². The Kier molecular flexibility index (Phi) is 1.42. The van der Waals surface area contributed by atoms with Crippen molar-refractivity contribution in [1.29, 1.82) is 0 Å². The van der Waals surface area contributed by atoms with Gasteiger partial charge in [0.25, 0.3) is 0 Å².